The van der Waals surface area contributed by atoms with E-state index in [4.69, 9.17) is 24.5 Å². The molecule has 0 aromatic heterocycles. The lowest BCUT2D eigenvalue weighted by molar-refractivity contribution is 0.0467. The summed E-state index contributed by atoms with van der Waals surface area (Å²) in [5, 5.41) is 8.96. The molecule has 0 aliphatic carbocycles. The van der Waals surface area contributed by atoms with Gasteiger partial charge in [-0.2, -0.15) is 5.26 Å². The van der Waals surface area contributed by atoms with Crippen molar-refractivity contribution in [3.8, 4) is 11.8 Å². The Morgan fingerprint density at radius 3 is 1.84 bits per heavy atom. The van der Waals surface area contributed by atoms with Crippen LogP contribution in [0.5, 0.6) is 5.75 Å². The predicted octanol–water partition coefficient (Wildman–Crippen LogP) is 8.08. The highest BCUT2D eigenvalue weighted by Crippen LogP contribution is 2.36. The van der Waals surface area contributed by atoms with E-state index in [9.17, 15) is 8.96 Å². The topological polar surface area (TPSA) is 109 Å². The molecule has 0 bridgehead atoms. The van der Waals surface area contributed by atoms with Crippen molar-refractivity contribution >= 4 is 7.82 Å². The largest absolute Gasteiger partial charge is 0.493 e. The molecule has 0 saturated carbocycles. The molecule has 0 radical (unpaired) electrons. The number of hydrogen-bond donors (Lipinski definition) is 2. The third kappa shape index (κ3) is 20.5. The molecule has 0 fully saturated rings. The molecule has 1 unspecified atom stereocenters. The van der Waals surface area contributed by atoms with E-state index in [1.165, 1.54) is 96.0 Å². The molecular formula is C29H49FNO6P. The summed E-state index contributed by atoms with van der Waals surface area (Å²) in [6.07, 6.45) is 20.8. The molecule has 0 heterocycles. The summed E-state index contributed by atoms with van der Waals surface area (Å²) in [5.74, 6) is -0.889. The molecule has 9 heteroatoms. The highest BCUT2D eigenvalue weighted by atomic mass is 31.2. The Morgan fingerprint density at radius 1 is 0.816 bits per heavy atom. The number of phosphoric ester groups is 1. The van der Waals surface area contributed by atoms with Crippen molar-refractivity contribution < 1.29 is 32.7 Å². The van der Waals surface area contributed by atoms with Gasteiger partial charge in [0.2, 0.25) is 0 Å². The molecule has 0 aliphatic heterocycles. The van der Waals surface area contributed by atoms with Crippen LogP contribution < -0.4 is 4.74 Å². The lowest BCUT2D eigenvalue weighted by Gasteiger charge is -2.18. The maximum Gasteiger partial charge on any atom is 0.469 e. The lowest BCUT2D eigenvalue weighted by Crippen LogP contribution is -2.23. The van der Waals surface area contributed by atoms with Gasteiger partial charge in [0.25, 0.3) is 0 Å². The van der Waals surface area contributed by atoms with Crippen LogP contribution in [0.3, 0.4) is 0 Å². The van der Waals surface area contributed by atoms with Gasteiger partial charge < -0.3 is 19.3 Å². The molecule has 1 atom stereocenters. The van der Waals surface area contributed by atoms with E-state index in [2.05, 4.69) is 11.4 Å². The molecule has 0 spiro atoms. The zero-order valence-corrected chi connectivity index (χ0v) is 24.1. The molecule has 38 heavy (non-hydrogen) atoms. The van der Waals surface area contributed by atoms with Gasteiger partial charge in [0.1, 0.15) is 11.6 Å². The monoisotopic (exact) mass is 557 g/mol. The molecular weight excluding hydrogens is 508 g/mol. The first-order valence-electron chi connectivity index (χ1n) is 14.5. The van der Waals surface area contributed by atoms with Gasteiger partial charge in [-0.25, -0.2) is 8.96 Å². The van der Waals surface area contributed by atoms with Gasteiger partial charge in [-0.05, 0) is 18.6 Å². The SMILES string of the molecule is CCCCCCCCCCCCCCCCCCOCC(COc1cc(F)cc(C#N)c1)COP(=O)(O)O. The number of hydrogen-bond acceptors (Lipinski definition) is 5. The summed E-state index contributed by atoms with van der Waals surface area (Å²) in [7, 11) is -4.63. The molecule has 7 nitrogen and oxygen atoms in total. The molecule has 1 aromatic carbocycles. The Morgan fingerprint density at radius 2 is 1.34 bits per heavy atom. The minimum atomic E-state index is -4.63. The maximum atomic E-state index is 13.6. The van der Waals surface area contributed by atoms with Crippen LogP contribution in [-0.2, 0) is 13.8 Å². The van der Waals surface area contributed by atoms with Crippen LogP contribution in [-0.4, -0.2) is 36.2 Å². The molecule has 2 N–H and O–H groups in total. The van der Waals surface area contributed by atoms with Gasteiger partial charge in [-0.3, -0.25) is 4.52 Å². The molecule has 218 valence electrons. The second kappa shape index (κ2) is 22.3. The summed E-state index contributed by atoms with van der Waals surface area (Å²) in [4.78, 5) is 18.0. The molecule has 1 rings (SSSR count). The second-order valence-electron chi connectivity index (χ2n) is 10.1. The molecule has 0 aliphatic rings. The summed E-state index contributed by atoms with van der Waals surface area (Å²) in [5.41, 5.74) is 0.128. The Labute approximate surface area is 229 Å². The van der Waals surface area contributed by atoms with Gasteiger partial charge in [0.15, 0.2) is 0 Å². The first-order valence-corrected chi connectivity index (χ1v) is 16.0. The maximum absolute atomic E-state index is 13.6. The third-order valence-electron chi connectivity index (χ3n) is 6.46. The van der Waals surface area contributed by atoms with E-state index in [1.54, 1.807) is 0 Å². The standard InChI is InChI=1S/C29H49FNO6P/c1-2-3-4-5-6-7-8-9-10-11-12-13-14-15-16-17-18-35-23-27(25-37-38(32,33)34)24-36-29-20-26(22-31)19-28(30)21-29/h19-21,27H,2-18,23-25H2,1H3,(H2,32,33,34). The summed E-state index contributed by atoms with van der Waals surface area (Å²) >= 11 is 0. The zero-order valence-electron chi connectivity index (χ0n) is 23.3. The summed E-state index contributed by atoms with van der Waals surface area (Å²) in [6.45, 7) is 2.74. The minimum Gasteiger partial charge on any atom is -0.493 e. The van der Waals surface area contributed by atoms with Gasteiger partial charge in [-0.1, -0.05) is 103 Å². The van der Waals surface area contributed by atoms with Crippen molar-refractivity contribution in [1.29, 1.82) is 5.26 Å². The Kier molecular flexibility index (Phi) is 20.3. The number of phosphoric acid groups is 1. The highest BCUT2D eigenvalue weighted by Gasteiger charge is 2.19. The first-order chi connectivity index (χ1) is 18.3. The van der Waals surface area contributed by atoms with Crippen LogP contribution in [0.25, 0.3) is 0 Å². The van der Waals surface area contributed by atoms with Gasteiger partial charge in [0.05, 0.1) is 31.5 Å². The van der Waals surface area contributed by atoms with Crippen molar-refractivity contribution in [2.45, 2.75) is 110 Å². The third-order valence-corrected chi connectivity index (χ3v) is 6.95. The number of benzene rings is 1. The Balaban J connectivity index is 2.09. The normalized spacial score (nSPS) is 12.4. The average molecular weight is 558 g/mol. The van der Waals surface area contributed by atoms with E-state index in [-0.39, 0.29) is 31.1 Å². The quantitative estimate of drug-likeness (QED) is 0.0924. The number of nitriles is 1. The second-order valence-corrected chi connectivity index (χ2v) is 11.4. The minimum absolute atomic E-state index is 0.00722. The number of nitrogens with zero attached hydrogens (tertiary/aromatic N) is 1. The zero-order chi connectivity index (χ0) is 27.9. The van der Waals surface area contributed by atoms with Crippen molar-refractivity contribution in [1.82, 2.24) is 0 Å². The highest BCUT2D eigenvalue weighted by molar-refractivity contribution is 7.46. The number of unbranched alkanes of at least 4 members (excludes halogenated alkanes) is 15. The van der Waals surface area contributed by atoms with Gasteiger partial charge in [-0.15, -0.1) is 0 Å². The van der Waals surface area contributed by atoms with Crippen LogP contribution in [0.15, 0.2) is 18.2 Å². The van der Waals surface area contributed by atoms with Crippen LogP contribution in [0.4, 0.5) is 4.39 Å². The predicted molar refractivity (Wildman–Crippen MR) is 148 cm³/mol. The van der Waals surface area contributed by atoms with E-state index >= 15 is 0 Å². The smallest absolute Gasteiger partial charge is 0.469 e. The van der Waals surface area contributed by atoms with Crippen LogP contribution >= 0.6 is 7.82 Å². The van der Waals surface area contributed by atoms with Crippen LogP contribution in [0, 0.1) is 23.1 Å². The fourth-order valence-corrected chi connectivity index (χ4v) is 4.68. The van der Waals surface area contributed by atoms with Crippen LogP contribution in [0.1, 0.15) is 115 Å². The van der Waals surface area contributed by atoms with E-state index in [0.29, 0.717) is 6.61 Å². The Bertz CT molecular complexity index is 813. The van der Waals surface area contributed by atoms with Crippen molar-refractivity contribution in [2.75, 3.05) is 26.4 Å². The number of rotatable bonds is 25. The summed E-state index contributed by atoms with van der Waals surface area (Å²) in [6, 6.07) is 5.51. The fraction of sp³-hybridized carbons (Fsp3) is 0.759. The Hall–Kier alpha value is -1.49. The van der Waals surface area contributed by atoms with E-state index in [0.717, 1.165) is 25.0 Å². The molecule has 0 saturated heterocycles. The average Bonchev–Trinajstić information content (AvgIpc) is 2.88. The number of halogens is 1. The summed E-state index contributed by atoms with van der Waals surface area (Å²) < 4.78 is 40.5. The van der Waals surface area contributed by atoms with Crippen molar-refractivity contribution in [3.63, 3.8) is 0 Å². The molecule has 0 amide bonds. The number of ether oxygens (including phenoxy) is 2. The molecule has 1 aromatic rings. The van der Waals surface area contributed by atoms with Crippen LogP contribution in [0.2, 0.25) is 0 Å². The van der Waals surface area contributed by atoms with E-state index < -0.39 is 19.6 Å². The van der Waals surface area contributed by atoms with E-state index in [1.807, 2.05) is 6.07 Å². The lowest BCUT2D eigenvalue weighted by atomic mass is 10.0. The van der Waals surface area contributed by atoms with Crippen molar-refractivity contribution in [2.24, 2.45) is 5.92 Å². The first kappa shape index (κ1) is 34.5. The van der Waals surface area contributed by atoms with Gasteiger partial charge >= 0.3 is 7.82 Å². The van der Waals surface area contributed by atoms with Gasteiger partial charge in [0, 0.05) is 18.6 Å². The fourth-order valence-electron chi connectivity index (χ4n) is 4.27. The van der Waals surface area contributed by atoms with Crippen molar-refractivity contribution in [3.05, 3.63) is 29.6 Å².